The summed E-state index contributed by atoms with van der Waals surface area (Å²) in [5.41, 5.74) is 3.10. The molecule has 0 aliphatic carbocycles. The fraction of sp³-hybridized carbons (Fsp3) is 0.200. The topological polar surface area (TPSA) is 97.0 Å². The molecule has 1 atom stereocenters. The second kappa shape index (κ2) is 8.63. The zero-order valence-corrected chi connectivity index (χ0v) is 17.4. The van der Waals surface area contributed by atoms with Gasteiger partial charge in [-0.1, -0.05) is 18.2 Å². The third-order valence-corrected chi connectivity index (χ3v) is 5.71. The number of benzene rings is 2. The first-order valence-corrected chi connectivity index (χ1v) is 10.7. The smallest absolute Gasteiger partial charge is 0.228 e. The molecule has 2 aromatic heterocycles. The Morgan fingerprint density at radius 3 is 2.69 bits per heavy atom. The molecule has 5 rings (SSSR count). The Labute approximate surface area is 184 Å². The number of aromatic amines is 1. The van der Waals surface area contributed by atoms with Gasteiger partial charge in [0, 0.05) is 30.3 Å². The van der Waals surface area contributed by atoms with Crippen LogP contribution < -0.4 is 10.1 Å². The van der Waals surface area contributed by atoms with E-state index in [-0.39, 0.29) is 17.6 Å². The molecular weight excluding hydrogens is 404 g/mol. The summed E-state index contributed by atoms with van der Waals surface area (Å²) in [5, 5.41) is 2.91. The number of nitrogens with one attached hydrogen (secondary N) is 2. The van der Waals surface area contributed by atoms with Crippen LogP contribution in [-0.4, -0.2) is 33.2 Å². The molecule has 1 aliphatic rings. The molecule has 0 unspecified atom stereocenters. The quantitative estimate of drug-likeness (QED) is 0.462. The predicted molar refractivity (Wildman–Crippen MR) is 120 cm³/mol. The molecule has 0 bridgehead atoms. The molecular formula is C25H22N4O3. The van der Waals surface area contributed by atoms with Crippen molar-refractivity contribution in [2.24, 2.45) is 0 Å². The van der Waals surface area contributed by atoms with Gasteiger partial charge in [0.1, 0.15) is 5.75 Å². The van der Waals surface area contributed by atoms with Crippen LogP contribution in [0.15, 0.2) is 66.9 Å². The van der Waals surface area contributed by atoms with Crippen LogP contribution in [0.2, 0.25) is 0 Å². The zero-order chi connectivity index (χ0) is 21.9. The van der Waals surface area contributed by atoms with E-state index in [0.29, 0.717) is 36.0 Å². The van der Waals surface area contributed by atoms with Crippen molar-refractivity contribution in [3.05, 3.63) is 83.8 Å². The van der Waals surface area contributed by atoms with Crippen molar-refractivity contribution in [3.8, 4) is 11.6 Å². The standard InChI is InChI=1S/C25H22N4O3/c30-22-12-9-16(13-15-26-22)19-4-3-14-27-25(19)32-18-10-7-17(8-11-18)23(31)24-28-20-5-1-2-6-21(20)29-24/h1-8,10-11,14,16H,9,12-13,15H2,(H,26,30)(H,28,29)/t16-/m0/s1. The van der Waals surface area contributed by atoms with Crippen LogP contribution in [-0.2, 0) is 4.79 Å². The highest BCUT2D eigenvalue weighted by Gasteiger charge is 2.22. The van der Waals surface area contributed by atoms with E-state index in [4.69, 9.17) is 4.74 Å². The Kier molecular flexibility index (Phi) is 5.37. The average molecular weight is 426 g/mol. The summed E-state index contributed by atoms with van der Waals surface area (Å²) in [6.45, 7) is 0.649. The summed E-state index contributed by atoms with van der Waals surface area (Å²) in [5.74, 6) is 1.54. The van der Waals surface area contributed by atoms with Gasteiger partial charge in [0.25, 0.3) is 0 Å². The Morgan fingerprint density at radius 2 is 1.84 bits per heavy atom. The molecule has 7 nitrogen and oxygen atoms in total. The first kappa shape index (κ1) is 19.9. The van der Waals surface area contributed by atoms with Gasteiger partial charge in [0.2, 0.25) is 17.6 Å². The van der Waals surface area contributed by atoms with Crippen molar-refractivity contribution in [3.63, 3.8) is 0 Å². The molecule has 160 valence electrons. The molecule has 2 N–H and O–H groups in total. The lowest BCUT2D eigenvalue weighted by molar-refractivity contribution is -0.120. The van der Waals surface area contributed by atoms with Crippen LogP contribution in [0.4, 0.5) is 0 Å². The first-order valence-electron chi connectivity index (χ1n) is 10.7. The zero-order valence-electron chi connectivity index (χ0n) is 17.4. The number of fused-ring (bicyclic) bond motifs is 1. The minimum atomic E-state index is -0.179. The summed E-state index contributed by atoms with van der Waals surface area (Å²) in [6.07, 6.45) is 3.80. The van der Waals surface area contributed by atoms with Crippen LogP contribution in [0.5, 0.6) is 11.6 Å². The van der Waals surface area contributed by atoms with Gasteiger partial charge in [-0.2, -0.15) is 0 Å². The Morgan fingerprint density at radius 1 is 1.00 bits per heavy atom. The van der Waals surface area contributed by atoms with Gasteiger partial charge in [-0.15, -0.1) is 0 Å². The molecule has 32 heavy (non-hydrogen) atoms. The molecule has 7 heteroatoms. The second-order valence-electron chi connectivity index (χ2n) is 7.83. The average Bonchev–Trinajstić information content (AvgIpc) is 3.14. The van der Waals surface area contributed by atoms with E-state index in [1.165, 1.54) is 0 Å². The number of para-hydroxylation sites is 2. The van der Waals surface area contributed by atoms with E-state index in [9.17, 15) is 9.59 Å². The number of hydrogen-bond donors (Lipinski definition) is 2. The van der Waals surface area contributed by atoms with Crippen LogP contribution >= 0.6 is 0 Å². The van der Waals surface area contributed by atoms with E-state index in [2.05, 4.69) is 20.3 Å². The van der Waals surface area contributed by atoms with Crippen molar-refractivity contribution in [2.45, 2.75) is 25.2 Å². The largest absolute Gasteiger partial charge is 0.439 e. The van der Waals surface area contributed by atoms with Crippen LogP contribution in [0.1, 0.15) is 46.9 Å². The van der Waals surface area contributed by atoms with E-state index >= 15 is 0 Å². The van der Waals surface area contributed by atoms with Gasteiger partial charge >= 0.3 is 0 Å². The van der Waals surface area contributed by atoms with E-state index in [1.807, 2.05) is 36.4 Å². The monoisotopic (exact) mass is 426 g/mol. The Bertz CT molecular complexity index is 1250. The summed E-state index contributed by atoms with van der Waals surface area (Å²) in [7, 11) is 0. The van der Waals surface area contributed by atoms with Crippen molar-refractivity contribution in [1.82, 2.24) is 20.3 Å². The molecule has 0 saturated carbocycles. The van der Waals surface area contributed by atoms with Gasteiger partial charge in [-0.3, -0.25) is 9.59 Å². The molecule has 1 amide bonds. The molecule has 1 fully saturated rings. The maximum atomic E-state index is 12.8. The number of H-pyrrole nitrogens is 1. The lowest BCUT2D eigenvalue weighted by atomic mass is 9.93. The fourth-order valence-electron chi connectivity index (χ4n) is 4.02. The number of carbonyl (C=O) groups is 2. The summed E-state index contributed by atoms with van der Waals surface area (Å²) in [6, 6.07) is 18.4. The normalized spacial score (nSPS) is 16.4. The van der Waals surface area contributed by atoms with E-state index in [1.54, 1.807) is 30.5 Å². The number of ether oxygens (including phenoxy) is 1. The predicted octanol–water partition coefficient (Wildman–Crippen LogP) is 4.36. The van der Waals surface area contributed by atoms with Gasteiger partial charge in [-0.25, -0.2) is 9.97 Å². The lowest BCUT2D eigenvalue weighted by Crippen LogP contribution is -2.21. The number of imidazole rings is 1. The molecule has 1 saturated heterocycles. The first-order chi connectivity index (χ1) is 15.7. The van der Waals surface area contributed by atoms with Crippen molar-refractivity contribution in [1.29, 1.82) is 0 Å². The maximum Gasteiger partial charge on any atom is 0.228 e. The number of hydrogen-bond acceptors (Lipinski definition) is 5. The Balaban J connectivity index is 1.34. The number of amides is 1. The number of pyridine rings is 1. The highest BCUT2D eigenvalue weighted by Crippen LogP contribution is 2.34. The molecule has 1 aliphatic heterocycles. The maximum absolute atomic E-state index is 12.8. The number of aromatic nitrogens is 3. The van der Waals surface area contributed by atoms with Gasteiger partial charge < -0.3 is 15.0 Å². The number of carbonyl (C=O) groups excluding carboxylic acids is 2. The summed E-state index contributed by atoms with van der Waals surface area (Å²) >= 11 is 0. The lowest BCUT2D eigenvalue weighted by Gasteiger charge is -2.17. The third kappa shape index (κ3) is 4.09. The van der Waals surface area contributed by atoms with Crippen molar-refractivity contribution >= 4 is 22.7 Å². The Hall–Kier alpha value is -4.00. The molecule has 2 aromatic carbocycles. The van der Waals surface area contributed by atoms with Crippen molar-refractivity contribution < 1.29 is 14.3 Å². The molecule has 0 spiro atoms. The van der Waals surface area contributed by atoms with Gasteiger partial charge in [-0.05, 0) is 61.2 Å². The van der Waals surface area contributed by atoms with E-state index < -0.39 is 0 Å². The number of ketones is 1. The highest BCUT2D eigenvalue weighted by molar-refractivity contribution is 6.08. The SMILES string of the molecule is O=C1CC[C@H](c2cccnc2Oc2ccc(C(=O)c3nc4ccccc4[nH]3)cc2)CCN1. The van der Waals surface area contributed by atoms with Crippen LogP contribution in [0, 0.1) is 0 Å². The number of nitrogens with zero attached hydrogens (tertiary/aromatic N) is 2. The minimum absolute atomic E-state index is 0.0866. The second-order valence-corrected chi connectivity index (χ2v) is 7.83. The van der Waals surface area contributed by atoms with E-state index in [0.717, 1.165) is 29.4 Å². The van der Waals surface area contributed by atoms with Gasteiger partial charge in [0.05, 0.1) is 11.0 Å². The van der Waals surface area contributed by atoms with Gasteiger partial charge in [0.15, 0.2) is 5.82 Å². The third-order valence-electron chi connectivity index (χ3n) is 5.71. The molecule has 4 aromatic rings. The summed E-state index contributed by atoms with van der Waals surface area (Å²) in [4.78, 5) is 36.4. The highest BCUT2D eigenvalue weighted by atomic mass is 16.5. The van der Waals surface area contributed by atoms with Crippen LogP contribution in [0.25, 0.3) is 11.0 Å². The molecule has 0 radical (unpaired) electrons. The molecule has 3 heterocycles. The minimum Gasteiger partial charge on any atom is -0.439 e. The van der Waals surface area contributed by atoms with Crippen LogP contribution in [0.3, 0.4) is 0 Å². The summed E-state index contributed by atoms with van der Waals surface area (Å²) < 4.78 is 6.07. The fourth-order valence-corrected chi connectivity index (χ4v) is 4.02. The number of rotatable bonds is 5. The van der Waals surface area contributed by atoms with Crippen molar-refractivity contribution in [2.75, 3.05) is 6.54 Å².